The number of H-pyrrole nitrogens is 1. The number of rotatable bonds is 3. The number of benzene rings is 1. The van der Waals surface area contributed by atoms with E-state index >= 15 is 0 Å². The van der Waals surface area contributed by atoms with E-state index in [2.05, 4.69) is 9.97 Å². The first-order valence-corrected chi connectivity index (χ1v) is 7.10. The highest BCUT2D eigenvalue weighted by Gasteiger charge is 2.17. The van der Waals surface area contributed by atoms with Gasteiger partial charge in [-0.2, -0.15) is 5.26 Å². The van der Waals surface area contributed by atoms with Crippen LogP contribution in [0, 0.1) is 21.4 Å². The highest BCUT2D eigenvalue weighted by Crippen LogP contribution is 2.28. The number of aromatic amines is 1. The molecule has 0 bridgehead atoms. The molecular formula is C12H7ClN4O3S. The molecule has 0 amide bonds. The van der Waals surface area contributed by atoms with Gasteiger partial charge in [0.25, 0.3) is 11.2 Å². The Labute approximate surface area is 127 Å². The van der Waals surface area contributed by atoms with Gasteiger partial charge in [0.1, 0.15) is 11.6 Å². The van der Waals surface area contributed by atoms with Gasteiger partial charge in [0, 0.05) is 22.7 Å². The van der Waals surface area contributed by atoms with Crippen molar-refractivity contribution < 1.29 is 4.92 Å². The summed E-state index contributed by atoms with van der Waals surface area (Å²) in [6.45, 7) is 0. The zero-order valence-electron chi connectivity index (χ0n) is 10.6. The summed E-state index contributed by atoms with van der Waals surface area (Å²) in [5.41, 5.74) is -0.753. The highest BCUT2D eigenvalue weighted by atomic mass is 35.5. The van der Waals surface area contributed by atoms with Gasteiger partial charge in [-0.3, -0.25) is 14.9 Å². The second-order valence-electron chi connectivity index (χ2n) is 3.87. The summed E-state index contributed by atoms with van der Waals surface area (Å²) in [5, 5.41) is 20.4. The van der Waals surface area contributed by atoms with Gasteiger partial charge in [-0.1, -0.05) is 23.4 Å². The van der Waals surface area contributed by atoms with Gasteiger partial charge in [0.05, 0.1) is 10.6 Å². The molecule has 2 aromatic rings. The van der Waals surface area contributed by atoms with Gasteiger partial charge in [-0.05, 0) is 12.3 Å². The molecule has 1 N–H and O–H groups in total. The summed E-state index contributed by atoms with van der Waals surface area (Å²) in [7, 11) is 0. The maximum absolute atomic E-state index is 11.8. The molecule has 2 rings (SSSR count). The molecule has 0 radical (unpaired) electrons. The summed E-state index contributed by atoms with van der Waals surface area (Å²) >= 11 is 7.03. The van der Waals surface area contributed by atoms with E-state index in [0.717, 1.165) is 0 Å². The highest BCUT2D eigenvalue weighted by molar-refractivity contribution is 7.98. The Morgan fingerprint density at radius 1 is 1.48 bits per heavy atom. The molecule has 106 valence electrons. The van der Waals surface area contributed by atoms with Crippen LogP contribution in [0.2, 0.25) is 5.02 Å². The molecular weight excluding hydrogens is 316 g/mol. The van der Waals surface area contributed by atoms with Crippen LogP contribution >= 0.6 is 23.4 Å². The van der Waals surface area contributed by atoms with Crippen molar-refractivity contribution in [2.45, 2.75) is 5.16 Å². The number of hydrogen-bond acceptors (Lipinski definition) is 6. The van der Waals surface area contributed by atoms with E-state index < -0.39 is 10.5 Å². The van der Waals surface area contributed by atoms with Gasteiger partial charge in [0.2, 0.25) is 0 Å². The van der Waals surface area contributed by atoms with Crippen molar-refractivity contribution in [2.24, 2.45) is 0 Å². The standard InChI is InChI=1S/C12H7ClN4O3S/c1-21-12-15-10(9(5-14)11(18)16-12)6-2-7(13)4-8(3-6)17(19)20/h2-4H,1H3,(H,15,16,18). The molecule has 0 aliphatic carbocycles. The van der Waals surface area contributed by atoms with Crippen molar-refractivity contribution in [3.8, 4) is 17.3 Å². The molecule has 0 unspecified atom stereocenters. The molecule has 0 atom stereocenters. The number of non-ortho nitro benzene ring substituents is 1. The minimum atomic E-state index is -0.607. The number of nitrogens with one attached hydrogen (secondary N) is 1. The molecule has 0 aliphatic heterocycles. The molecule has 21 heavy (non-hydrogen) atoms. The van der Waals surface area contributed by atoms with Crippen LogP contribution in [0.15, 0.2) is 28.2 Å². The van der Waals surface area contributed by atoms with E-state index in [9.17, 15) is 14.9 Å². The van der Waals surface area contributed by atoms with Crippen LogP contribution in [0.3, 0.4) is 0 Å². The van der Waals surface area contributed by atoms with E-state index in [-0.39, 0.29) is 27.5 Å². The van der Waals surface area contributed by atoms with Crippen LogP contribution in [-0.2, 0) is 0 Å². The molecule has 1 aromatic heterocycles. The topological polar surface area (TPSA) is 113 Å². The Bertz CT molecular complexity index is 828. The predicted octanol–water partition coefficient (Wildman–Crippen LogP) is 2.59. The SMILES string of the molecule is CSc1nc(-c2cc(Cl)cc([N+](=O)[O-])c2)c(C#N)c(=O)[nH]1. The number of thioether (sulfide) groups is 1. The lowest BCUT2D eigenvalue weighted by atomic mass is 10.1. The fourth-order valence-electron chi connectivity index (χ4n) is 1.68. The minimum Gasteiger partial charge on any atom is -0.300 e. The molecule has 0 saturated heterocycles. The van der Waals surface area contributed by atoms with Crippen molar-refractivity contribution in [3.63, 3.8) is 0 Å². The molecule has 0 fully saturated rings. The maximum Gasteiger partial charge on any atom is 0.271 e. The number of nitro benzene ring substituents is 1. The summed E-state index contributed by atoms with van der Waals surface area (Å²) in [6, 6.07) is 5.57. The van der Waals surface area contributed by atoms with Crippen LogP contribution in [0.4, 0.5) is 5.69 Å². The quantitative estimate of drug-likeness (QED) is 0.402. The first kappa shape index (κ1) is 15.0. The fraction of sp³-hybridized carbons (Fsp3) is 0.0833. The maximum atomic E-state index is 11.8. The van der Waals surface area contributed by atoms with Crippen molar-refractivity contribution in [1.29, 1.82) is 5.26 Å². The zero-order chi connectivity index (χ0) is 15.6. The number of nitro groups is 1. The van der Waals surface area contributed by atoms with Crippen LogP contribution in [-0.4, -0.2) is 21.1 Å². The second kappa shape index (κ2) is 5.95. The molecule has 7 nitrogen and oxygen atoms in total. The number of aromatic nitrogens is 2. The molecule has 0 spiro atoms. The Balaban J connectivity index is 2.78. The van der Waals surface area contributed by atoms with Crippen LogP contribution in [0.1, 0.15) is 5.56 Å². The molecule has 9 heteroatoms. The Morgan fingerprint density at radius 2 is 2.19 bits per heavy atom. The smallest absolute Gasteiger partial charge is 0.271 e. The second-order valence-corrected chi connectivity index (χ2v) is 5.10. The summed E-state index contributed by atoms with van der Waals surface area (Å²) in [4.78, 5) is 28.7. The fourth-order valence-corrected chi connectivity index (χ4v) is 2.28. The zero-order valence-corrected chi connectivity index (χ0v) is 12.2. The number of nitrogens with zero attached hydrogens (tertiary/aromatic N) is 3. The van der Waals surface area contributed by atoms with E-state index in [1.54, 1.807) is 12.3 Å². The van der Waals surface area contributed by atoms with Gasteiger partial charge in [-0.15, -0.1) is 0 Å². The van der Waals surface area contributed by atoms with Crippen molar-refractivity contribution in [3.05, 3.63) is 49.3 Å². The summed E-state index contributed by atoms with van der Waals surface area (Å²) < 4.78 is 0. The molecule has 0 aliphatic rings. The third kappa shape index (κ3) is 3.04. The monoisotopic (exact) mass is 322 g/mol. The van der Waals surface area contributed by atoms with Gasteiger partial charge in [0.15, 0.2) is 5.16 Å². The van der Waals surface area contributed by atoms with E-state index in [4.69, 9.17) is 16.9 Å². The van der Waals surface area contributed by atoms with E-state index in [0.29, 0.717) is 5.16 Å². The number of halogens is 1. The van der Waals surface area contributed by atoms with Crippen molar-refractivity contribution in [2.75, 3.05) is 6.26 Å². The van der Waals surface area contributed by atoms with Crippen LogP contribution in [0.25, 0.3) is 11.3 Å². The number of hydrogen-bond donors (Lipinski definition) is 1. The molecule has 1 aromatic carbocycles. The lowest BCUT2D eigenvalue weighted by Crippen LogP contribution is -2.14. The van der Waals surface area contributed by atoms with Crippen LogP contribution < -0.4 is 5.56 Å². The Hall–Kier alpha value is -2.37. The predicted molar refractivity (Wildman–Crippen MR) is 78.5 cm³/mol. The third-order valence-corrected chi connectivity index (χ3v) is 3.37. The molecule has 0 saturated carbocycles. The largest absolute Gasteiger partial charge is 0.300 e. The van der Waals surface area contributed by atoms with E-state index in [1.807, 2.05) is 0 Å². The average molecular weight is 323 g/mol. The van der Waals surface area contributed by atoms with E-state index in [1.165, 1.54) is 30.0 Å². The average Bonchev–Trinajstić information content (AvgIpc) is 2.45. The first-order chi connectivity index (χ1) is 9.96. The summed E-state index contributed by atoms with van der Waals surface area (Å²) in [6.07, 6.45) is 1.70. The van der Waals surface area contributed by atoms with Gasteiger partial charge >= 0.3 is 0 Å². The summed E-state index contributed by atoms with van der Waals surface area (Å²) in [5.74, 6) is 0. The first-order valence-electron chi connectivity index (χ1n) is 5.50. The molecule has 1 heterocycles. The Kier molecular flexibility index (Phi) is 4.26. The normalized spacial score (nSPS) is 10.1. The van der Waals surface area contributed by atoms with Gasteiger partial charge in [-0.25, -0.2) is 4.98 Å². The Morgan fingerprint density at radius 3 is 2.76 bits per heavy atom. The van der Waals surface area contributed by atoms with Crippen molar-refractivity contribution >= 4 is 29.1 Å². The third-order valence-electron chi connectivity index (χ3n) is 2.57. The lowest BCUT2D eigenvalue weighted by molar-refractivity contribution is -0.384. The van der Waals surface area contributed by atoms with Crippen LogP contribution in [0.5, 0.6) is 0 Å². The van der Waals surface area contributed by atoms with Gasteiger partial charge < -0.3 is 4.98 Å². The minimum absolute atomic E-state index is 0.0659. The number of nitriles is 1. The van der Waals surface area contributed by atoms with Crippen molar-refractivity contribution in [1.82, 2.24) is 9.97 Å². The lowest BCUT2D eigenvalue weighted by Gasteiger charge is -2.05.